The summed E-state index contributed by atoms with van der Waals surface area (Å²) in [4.78, 5) is 10.5. The van der Waals surface area contributed by atoms with Crippen molar-refractivity contribution in [3.05, 3.63) is 42.0 Å². The molecule has 0 saturated heterocycles. The molecule has 0 heterocycles. The van der Waals surface area contributed by atoms with Crippen molar-refractivity contribution in [3.63, 3.8) is 0 Å². The number of hydrogen-bond acceptors (Lipinski definition) is 1. The molecule has 1 N–H and O–H groups in total. The molecule has 0 radical (unpaired) electrons. The monoisotopic (exact) mass is 218 g/mol. The van der Waals surface area contributed by atoms with E-state index in [-0.39, 0.29) is 6.42 Å². The second-order valence-electron chi connectivity index (χ2n) is 4.11. The van der Waals surface area contributed by atoms with E-state index in [1.165, 1.54) is 11.1 Å². The Morgan fingerprint density at radius 1 is 1.31 bits per heavy atom. The van der Waals surface area contributed by atoms with E-state index >= 15 is 0 Å². The fourth-order valence-electron chi connectivity index (χ4n) is 1.67. The van der Waals surface area contributed by atoms with E-state index < -0.39 is 5.97 Å². The van der Waals surface area contributed by atoms with Crippen molar-refractivity contribution in [2.75, 3.05) is 0 Å². The zero-order valence-corrected chi connectivity index (χ0v) is 9.81. The summed E-state index contributed by atoms with van der Waals surface area (Å²) >= 11 is 0. The van der Waals surface area contributed by atoms with Gasteiger partial charge in [-0.3, -0.25) is 4.79 Å². The predicted molar refractivity (Wildman–Crippen MR) is 66.1 cm³/mol. The van der Waals surface area contributed by atoms with Crippen LogP contribution in [0.2, 0.25) is 0 Å². The molecule has 1 aromatic carbocycles. The minimum atomic E-state index is -0.743. The van der Waals surface area contributed by atoms with Gasteiger partial charge in [0, 0.05) is 6.42 Å². The maximum Gasteiger partial charge on any atom is 0.303 e. The SMILES string of the molecule is CC(C)/C(=C\CCC(=O)O)c1ccccc1. The van der Waals surface area contributed by atoms with E-state index in [4.69, 9.17) is 5.11 Å². The molecule has 0 saturated carbocycles. The summed E-state index contributed by atoms with van der Waals surface area (Å²) in [6, 6.07) is 10.1. The molecule has 1 aromatic rings. The van der Waals surface area contributed by atoms with Crippen LogP contribution in [0.4, 0.5) is 0 Å². The van der Waals surface area contributed by atoms with Gasteiger partial charge in [0.1, 0.15) is 0 Å². The molecule has 0 bridgehead atoms. The van der Waals surface area contributed by atoms with Gasteiger partial charge in [-0.1, -0.05) is 50.3 Å². The zero-order chi connectivity index (χ0) is 12.0. The number of carbonyl (C=O) groups is 1. The van der Waals surface area contributed by atoms with Gasteiger partial charge in [-0.05, 0) is 23.5 Å². The molecule has 0 atom stereocenters. The van der Waals surface area contributed by atoms with Crippen LogP contribution in [0.15, 0.2) is 36.4 Å². The molecule has 0 fully saturated rings. The first-order chi connectivity index (χ1) is 7.61. The van der Waals surface area contributed by atoms with Gasteiger partial charge in [0.25, 0.3) is 0 Å². The quantitative estimate of drug-likeness (QED) is 0.820. The minimum absolute atomic E-state index is 0.197. The number of benzene rings is 1. The molecule has 0 unspecified atom stereocenters. The van der Waals surface area contributed by atoms with E-state index in [1.807, 2.05) is 24.3 Å². The lowest BCUT2D eigenvalue weighted by molar-refractivity contribution is -0.136. The molecule has 0 spiro atoms. The van der Waals surface area contributed by atoms with E-state index in [1.54, 1.807) is 0 Å². The van der Waals surface area contributed by atoms with Crippen molar-refractivity contribution >= 4 is 11.5 Å². The van der Waals surface area contributed by atoms with Gasteiger partial charge in [-0.2, -0.15) is 0 Å². The Labute approximate surface area is 96.6 Å². The van der Waals surface area contributed by atoms with E-state index in [0.29, 0.717) is 12.3 Å². The number of allylic oxidation sites excluding steroid dienone is 2. The second kappa shape index (κ2) is 6.11. The van der Waals surface area contributed by atoms with Crippen molar-refractivity contribution in [2.24, 2.45) is 5.92 Å². The summed E-state index contributed by atoms with van der Waals surface area (Å²) < 4.78 is 0. The lowest BCUT2D eigenvalue weighted by Crippen LogP contribution is -1.96. The summed E-state index contributed by atoms with van der Waals surface area (Å²) in [5, 5.41) is 8.61. The summed E-state index contributed by atoms with van der Waals surface area (Å²) in [6.45, 7) is 4.25. The Hall–Kier alpha value is -1.57. The first kappa shape index (κ1) is 12.5. The van der Waals surface area contributed by atoms with Gasteiger partial charge >= 0.3 is 5.97 Å². The molecule has 0 aliphatic rings. The van der Waals surface area contributed by atoms with Gasteiger partial charge in [-0.15, -0.1) is 0 Å². The third kappa shape index (κ3) is 3.89. The van der Waals surface area contributed by atoms with Crippen LogP contribution in [-0.2, 0) is 4.79 Å². The van der Waals surface area contributed by atoms with Gasteiger partial charge in [0.05, 0.1) is 0 Å². The van der Waals surface area contributed by atoms with Gasteiger partial charge in [0.2, 0.25) is 0 Å². The third-order valence-corrected chi connectivity index (χ3v) is 2.45. The van der Waals surface area contributed by atoms with Crippen LogP contribution in [0.25, 0.3) is 5.57 Å². The number of carboxylic acid groups (broad SMARTS) is 1. The van der Waals surface area contributed by atoms with Crippen molar-refractivity contribution in [2.45, 2.75) is 26.7 Å². The number of hydrogen-bond donors (Lipinski definition) is 1. The van der Waals surface area contributed by atoms with Crippen molar-refractivity contribution in [1.82, 2.24) is 0 Å². The van der Waals surface area contributed by atoms with Crippen molar-refractivity contribution in [1.29, 1.82) is 0 Å². The highest BCUT2D eigenvalue weighted by molar-refractivity contribution is 5.69. The van der Waals surface area contributed by atoms with Crippen LogP contribution in [0.1, 0.15) is 32.3 Å². The largest absolute Gasteiger partial charge is 0.481 e. The zero-order valence-electron chi connectivity index (χ0n) is 9.81. The normalized spacial score (nSPS) is 11.8. The Bertz CT molecular complexity index is 364. The van der Waals surface area contributed by atoms with Crippen LogP contribution in [-0.4, -0.2) is 11.1 Å². The number of rotatable bonds is 5. The van der Waals surface area contributed by atoms with Crippen LogP contribution >= 0.6 is 0 Å². The van der Waals surface area contributed by atoms with Crippen LogP contribution < -0.4 is 0 Å². The maximum absolute atomic E-state index is 10.5. The molecule has 0 amide bonds. The Morgan fingerprint density at radius 3 is 2.44 bits per heavy atom. The Morgan fingerprint density at radius 2 is 1.94 bits per heavy atom. The van der Waals surface area contributed by atoms with E-state index in [0.717, 1.165) is 0 Å². The standard InChI is InChI=1S/C14H18O2/c1-11(2)13(9-6-10-14(15)16)12-7-4-3-5-8-12/h3-5,7-9,11H,6,10H2,1-2H3,(H,15,16)/b13-9+. The molecule has 0 aliphatic carbocycles. The van der Waals surface area contributed by atoms with E-state index in [2.05, 4.69) is 26.0 Å². The summed E-state index contributed by atoms with van der Waals surface area (Å²) in [6.07, 6.45) is 2.83. The lowest BCUT2D eigenvalue weighted by atomic mass is 9.94. The van der Waals surface area contributed by atoms with Crippen LogP contribution in [0, 0.1) is 5.92 Å². The molecule has 1 rings (SSSR count). The van der Waals surface area contributed by atoms with Crippen LogP contribution in [0.5, 0.6) is 0 Å². The topological polar surface area (TPSA) is 37.3 Å². The highest BCUT2D eigenvalue weighted by Gasteiger charge is 2.05. The fraction of sp³-hybridized carbons (Fsp3) is 0.357. The fourth-order valence-corrected chi connectivity index (χ4v) is 1.67. The van der Waals surface area contributed by atoms with Gasteiger partial charge in [0.15, 0.2) is 0 Å². The Balaban J connectivity index is 2.79. The summed E-state index contributed by atoms with van der Waals surface area (Å²) in [5.41, 5.74) is 2.41. The minimum Gasteiger partial charge on any atom is -0.481 e. The molecule has 2 nitrogen and oxygen atoms in total. The average Bonchev–Trinajstić information content (AvgIpc) is 2.25. The molecular formula is C14H18O2. The summed E-state index contributed by atoms with van der Waals surface area (Å²) in [7, 11) is 0. The highest BCUT2D eigenvalue weighted by atomic mass is 16.4. The molecule has 2 heteroatoms. The highest BCUT2D eigenvalue weighted by Crippen LogP contribution is 2.23. The molecule has 0 aliphatic heterocycles. The maximum atomic E-state index is 10.5. The van der Waals surface area contributed by atoms with E-state index in [9.17, 15) is 4.79 Å². The second-order valence-corrected chi connectivity index (χ2v) is 4.11. The van der Waals surface area contributed by atoms with Crippen molar-refractivity contribution in [3.8, 4) is 0 Å². The number of aliphatic carboxylic acids is 1. The predicted octanol–water partition coefficient (Wildman–Crippen LogP) is 3.59. The van der Waals surface area contributed by atoms with Crippen molar-refractivity contribution < 1.29 is 9.90 Å². The summed E-state index contributed by atoms with van der Waals surface area (Å²) in [5.74, 6) is -0.330. The molecule has 0 aromatic heterocycles. The molecule has 16 heavy (non-hydrogen) atoms. The van der Waals surface area contributed by atoms with Crippen LogP contribution in [0.3, 0.4) is 0 Å². The molecular weight excluding hydrogens is 200 g/mol. The number of carboxylic acids is 1. The van der Waals surface area contributed by atoms with Gasteiger partial charge < -0.3 is 5.11 Å². The van der Waals surface area contributed by atoms with Gasteiger partial charge in [-0.25, -0.2) is 0 Å². The Kier molecular flexibility index (Phi) is 4.77. The first-order valence-electron chi connectivity index (χ1n) is 5.58. The average molecular weight is 218 g/mol. The first-order valence-corrected chi connectivity index (χ1v) is 5.58. The molecule has 86 valence electrons. The third-order valence-electron chi connectivity index (χ3n) is 2.45. The lowest BCUT2D eigenvalue weighted by Gasteiger charge is -2.11. The smallest absolute Gasteiger partial charge is 0.303 e.